The van der Waals surface area contributed by atoms with Crippen LogP contribution in [0.3, 0.4) is 0 Å². The molecule has 21 heavy (non-hydrogen) atoms. The first kappa shape index (κ1) is 15.0. The molecule has 0 spiro atoms. The minimum Gasteiger partial charge on any atom is -0.494 e. The minimum absolute atomic E-state index is 0.218. The summed E-state index contributed by atoms with van der Waals surface area (Å²) in [5.41, 5.74) is 6.75. The largest absolute Gasteiger partial charge is 0.494 e. The van der Waals surface area contributed by atoms with Gasteiger partial charge in [0.2, 0.25) is 0 Å². The molecule has 0 bridgehead atoms. The van der Waals surface area contributed by atoms with Crippen LogP contribution in [0.1, 0.15) is 41.8 Å². The molecule has 1 atom stereocenters. The second kappa shape index (κ2) is 6.35. The molecule has 0 saturated carbocycles. The molecule has 1 unspecified atom stereocenters. The second-order valence-corrected chi connectivity index (χ2v) is 4.87. The molecule has 0 saturated heterocycles. The van der Waals surface area contributed by atoms with Crippen molar-refractivity contribution < 1.29 is 13.9 Å². The van der Waals surface area contributed by atoms with E-state index in [-0.39, 0.29) is 11.9 Å². The summed E-state index contributed by atoms with van der Waals surface area (Å²) in [6.07, 6.45) is 0. The Morgan fingerprint density at radius 2 is 2.14 bits per heavy atom. The summed E-state index contributed by atoms with van der Waals surface area (Å²) in [5, 5.41) is 2.88. The molecular weight excluding hydrogens is 268 g/mol. The molecule has 0 aliphatic rings. The summed E-state index contributed by atoms with van der Waals surface area (Å²) in [6, 6.07) is 8.49. The van der Waals surface area contributed by atoms with Crippen molar-refractivity contribution in [3.8, 4) is 5.75 Å². The Hall–Kier alpha value is -2.43. The first-order valence-corrected chi connectivity index (χ1v) is 6.90. The number of nitrogen functional groups attached to an aromatic ring is 1. The number of hydrogen-bond donors (Lipinski definition) is 2. The normalized spacial score (nSPS) is 12.0. The molecule has 2 aromatic rings. The van der Waals surface area contributed by atoms with E-state index in [0.717, 1.165) is 11.5 Å². The predicted molar refractivity (Wildman–Crippen MR) is 81.3 cm³/mol. The molecule has 1 aromatic heterocycles. The highest BCUT2D eigenvalue weighted by molar-refractivity contribution is 5.95. The summed E-state index contributed by atoms with van der Waals surface area (Å²) in [7, 11) is 0. The van der Waals surface area contributed by atoms with E-state index in [2.05, 4.69) is 5.32 Å². The number of carbonyl (C=O) groups excluding carboxylic acids is 1. The SMILES string of the molecule is CCOc1cc(N)cc(C(=O)NC(C)c2ccc(C)o2)c1. The van der Waals surface area contributed by atoms with Gasteiger partial charge in [-0.2, -0.15) is 0 Å². The maximum absolute atomic E-state index is 12.3. The van der Waals surface area contributed by atoms with Crippen LogP contribution in [0.4, 0.5) is 5.69 Å². The number of hydrogen-bond acceptors (Lipinski definition) is 4. The van der Waals surface area contributed by atoms with Crippen molar-refractivity contribution in [2.24, 2.45) is 0 Å². The summed E-state index contributed by atoms with van der Waals surface area (Å²) < 4.78 is 10.9. The Balaban J connectivity index is 2.12. The van der Waals surface area contributed by atoms with Gasteiger partial charge in [-0.3, -0.25) is 4.79 Å². The molecule has 5 nitrogen and oxygen atoms in total. The van der Waals surface area contributed by atoms with E-state index in [1.54, 1.807) is 18.2 Å². The van der Waals surface area contributed by atoms with Crippen LogP contribution in [-0.2, 0) is 0 Å². The van der Waals surface area contributed by atoms with Gasteiger partial charge in [0.05, 0.1) is 12.6 Å². The monoisotopic (exact) mass is 288 g/mol. The number of rotatable bonds is 5. The van der Waals surface area contributed by atoms with Gasteiger partial charge in [0.15, 0.2) is 0 Å². The van der Waals surface area contributed by atoms with Crippen LogP contribution in [0, 0.1) is 6.92 Å². The maximum atomic E-state index is 12.3. The van der Waals surface area contributed by atoms with Crippen LogP contribution in [0.15, 0.2) is 34.7 Å². The van der Waals surface area contributed by atoms with Crippen LogP contribution >= 0.6 is 0 Å². The van der Waals surface area contributed by atoms with Gasteiger partial charge in [-0.25, -0.2) is 0 Å². The lowest BCUT2D eigenvalue weighted by Gasteiger charge is -2.13. The molecule has 0 radical (unpaired) electrons. The van der Waals surface area contributed by atoms with E-state index in [1.165, 1.54) is 0 Å². The van der Waals surface area contributed by atoms with E-state index in [0.29, 0.717) is 23.6 Å². The van der Waals surface area contributed by atoms with Gasteiger partial charge >= 0.3 is 0 Å². The van der Waals surface area contributed by atoms with Crippen molar-refractivity contribution in [2.75, 3.05) is 12.3 Å². The van der Waals surface area contributed by atoms with Gasteiger partial charge in [0.25, 0.3) is 5.91 Å². The van der Waals surface area contributed by atoms with Gasteiger partial charge in [-0.15, -0.1) is 0 Å². The first-order chi connectivity index (χ1) is 9.99. The quantitative estimate of drug-likeness (QED) is 0.829. The van der Waals surface area contributed by atoms with Crippen molar-refractivity contribution in [3.63, 3.8) is 0 Å². The Kier molecular flexibility index (Phi) is 4.52. The summed E-state index contributed by atoms with van der Waals surface area (Å²) in [6.45, 7) is 6.13. The van der Waals surface area contributed by atoms with Crippen molar-refractivity contribution in [1.82, 2.24) is 5.32 Å². The summed E-state index contributed by atoms with van der Waals surface area (Å²) >= 11 is 0. The maximum Gasteiger partial charge on any atom is 0.252 e. The lowest BCUT2D eigenvalue weighted by atomic mass is 10.1. The van der Waals surface area contributed by atoms with E-state index < -0.39 is 0 Å². The highest BCUT2D eigenvalue weighted by Gasteiger charge is 2.15. The number of carbonyl (C=O) groups is 1. The van der Waals surface area contributed by atoms with Crippen molar-refractivity contribution in [3.05, 3.63) is 47.4 Å². The lowest BCUT2D eigenvalue weighted by molar-refractivity contribution is 0.0934. The summed E-state index contributed by atoms with van der Waals surface area (Å²) in [5.74, 6) is 1.90. The highest BCUT2D eigenvalue weighted by Crippen LogP contribution is 2.21. The van der Waals surface area contributed by atoms with Crippen molar-refractivity contribution >= 4 is 11.6 Å². The second-order valence-electron chi connectivity index (χ2n) is 4.87. The molecule has 112 valence electrons. The van der Waals surface area contributed by atoms with Gasteiger partial charge < -0.3 is 20.2 Å². The average Bonchev–Trinajstić information content (AvgIpc) is 2.85. The van der Waals surface area contributed by atoms with Crippen LogP contribution < -0.4 is 15.8 Å². The Bertz CT molecular complexity index is 634. The smallest absolute Gasteiger partial charge is 0.252 e. The zero-order valence-corrected chi connectivity index (χ0v) is 12.5. The van der Waals surface area contributed by atoms with Crippen molar-refractivity contribution in [1.29, 1.82) is 0 Å². The molecule has 0 fully saturated rings. The van der Waals surface area contributed by atoms with Gasteiger partial charge in [0.1, 0.15) is 17.3 Å². The van der Waals surface area contributed by atoms with E-state index in [4.69, 9.17) is 14.9 Å². The van der Waals surface area contributed by atoms with Gasteiger partial charge in [-0.05, 0) is 45.0 Å². The molecular formula is C16H20N2O3. The number of nitrogens with one attached hydrogen (secondary N) is 1. The fraction of sp³-hybridized carbons (Fsp3) is 0.312. The number of anilines is 1. The fourth-order valence-corrected chi connectivity index (χ4v) is 2.04. The van der Waals surface area contributed by atoms with E-state index in [9.17, 15) is 4.79 Å². The average molecular weight is 288 g/mol. The third-order valence-electron chi connectivity index (χ3n) is 3.04. The number of benzene rings is 1. The summed E-state index contributed by atoms with van der Waals surface area (Å²) in [4.78, 5) is 12.3. The molecule has 1 heterocycles. The minimum atomic E-state index is -0.219. The fourth-order valence-electron chi connectivity index (χ4n) is 2.04. The van der Waals surface area contributed by atoms with Crippen LogP contribution in [0.2, 0.25) is 0 Å². The lowest BCUT2D eigenvalue weighted by Crippen LogP contribution is -2.26. The molecule has 2 rings (SSSR count). The van der Waals surface area contributed by atoms with E-state index >= 15 is 0 Å². The number of aryl methyl sites for hydroxylation is 1. The van der Waals surface area contributed by atoms with Gasteiger partial charge in [0, 0.05) is 17.3 Å². The number of furan rings is 1. The Morgan fingerprint density at radius 1 is 1.38 bits per heavy atom. The topological polar surface area (TPSA) is 77.5 Å². The molecule has 1 amide bonds. The number of nitrogens with two attached hydrogens (primary N) is 1. The number of amides is 1. The Morgan fingerprint density at radius 3 is 2.76 bits per heavy atom. The highest BCUT2D eigenvalue weighted by atomic mass is 16.5. The molecule has 0 aliphatic heterocycles. The van der Waals surface area contributed by atoms with Crippen LogP contribution in [0.25, 0.3) is 0 Å². The standard InChI is InChI=1S/C16H20N2O3/c1-4-20-14-8-12(7-13(17)9-14)16(19)18-11(3)15-6-5-10(2)21-15/h5-9,11H,4,17H2,1-3H3,(H,18,19). The zero-order valence-electron chi connectivity index (χ0n) is 12.5. The zero-order chi connectivity index (χ0) is 15.4. The number of ether oxygens (including phenoxy) is 1. The molecule has 0 aliphatic carbocycles. The predicted octanol–water partition coefficient (Wildman–Crippen LogP) is 3.06. The van der Waals surface area contributed by atoms with Gasteiger partial charge in [-0.1, -0.05) is 0 Å². The molecule has 3 N–H and O–H groups in total. The third-order valence-corrected chi connectivity index (χ3v) is 3.04. The van der Waals surface area contributed by atoms with Crippen LogP contribution in [0.5, 0.6) is 5.75 Å². The molecule has 5 heteroatoms. The van der Waals surface area contributed by atoms with Crippen LogP contribution in [-0.4, -0.2) is 12.5 Å². The molecule has 1 aromatic carbocycles. The van der Waals surface area contributed by atoms with E-state index in [1.807, 2.05) is 32.9 Å². The Labute approximate surface area is 124 Å². The third kappa shape index (κ3) is 3.78. The van der Waals surface area contributed by atoms with Crippen molar-refractivity contribution in [2.45, 2.75) is 26.8 Å². The first-order valence-electron chi connectivity index (χ1n) is 6.90.